The van der Waals surface area contributed by atoms with Crippen LogP contribution in [-0.2, 0) is 16.6 Å². The highest BCUT2D eigenvalue weighted by atomic mass is 32.1. The molecule has 1 aromatic heterocycles. The Balaban J connectivity index is 1.94. The Bertz CT molecular complexity index is 834. The molecule has 1 atom stereocenters. The smallest absolute Gasteiger partial charge is 0.271 e. The van der Waals surface area contributed by atoms with Crippen molar-refractivity contribution in [2.75, 3.05) is 6.54 Å². The van der Waals surface area contributed by atoms with Gasteiger partial charge in [0.15, 0.2) is 4.80 Å². The topological polar surface area (TPSA) is 54.7 Å². The third-order valence-corrected chi connectivity index (χ3v) is 5.60. The number of amides is 2. The highest BCUT2D eigenvalue weighted by molar-refractivity contribution is 7.16. The first-order valence-corrected chi connectivity index (χ1v) is 9.24. The average Bonchev–Trinajstić information content (AvgIpc) is 2.90. The molecule has 2 aromatic rings. The molecule has 0 spiro atoms. The van der Waals surface area contributed by atoms with E-state index in [0.717, 1.165) is 23.1 Å². The molecule has 1 aliphatic heterocycles. The fourth-order valence-corrected chi connectivity index (χ4v) is 4.16. The van der Waals surface area contributed by atoms with Crippen LogP contribution < -0.4 is 4.80 Å². The summed E-state index contributed by atoms with van der Waals surface area (Å²) in [5, 5.41) is 0. The van der Waals surface area contributed by atoms with Gasteiger partial charge in [0.25, 0.3) is 5.91 Å². The number of likely N-dealkylation sites (tertiary alicyclic amines) is 1. The Hall–Kier alpha value is -1.95. The molecule has 2 heterocycles. The number of nitrogens with zero attached hydrogens (tertiary/aromatic N) is 3. The number of benzene rings is 1. The van der Waals surface area contributed by atoms with Crippen molar-refractivity contribution in [3.63, 3.8) is 0 Å². The number of aryl methyl sites for hydroxylation is 1. The highest BCUT2D eigenvalue weighted by Crippen LogP contribution is 2.21. The molecule has 3 rings (SSSR count). The van der Waals surface area contributed by atoms with Crippen LogP contribution in [-0.4, -0.2) is 33.9 Å². The van der Waals surface area contributed by atoms with Gasteiger partial charge >= 0.3 is 0 Å². The SMILES string of the molecule is CC(C)C(=O)N1CCCC[C@H]1C(=O)N=c1sc2ccccc2n1C. The molecule has 2 amide bonds. The average molecular weight is 345 g/mol. The number of aromatic nitrogens is 1. The molecule has 5 nitrogen and oxygen atoms in total. The number of carbonyl (C=O) groups excluding carboxylic acids is 2. The van der Waals surface area contributed by atoms with Gasteiger partial charge in [0.05, 0.1) is 10.2 Å². The zero-order valence-corrected chi connectivity index (χ0v) is 15.2. The fourth-order valence-electron chi connectivity index (χ4n) is 3.14. The Morgan fingerprint density at radius 2 is 2.00 bits per heavy atom. The van der Waals surface area contributed by atoms with Crippen LogP contribution >= 0.6 is 11.3 Å². The van der Waals surface area contributed by atoms with E-state index in [2.05, 4.69) is 4.99 Å². The first-order chi connectivity index (χ1) is 11.5. The van der Waals surface area contributed by atoms with Crippen molar-refractivity contribution in [1.29, 1.82) is 0 Å². The number of carbonyl (C=O) groups is 2. The van der Waals surface area contributed by atoms with Crippen LogP contribution in [0, 0.1) is 5.92 Å². The van der Waals surface area contributed by atoms with Crippen molar-refractivity contribution < 1.29 is 9.59 Å². The van der Waals surface area contributed by atoms with Gasteiger partial charge in [0, 0.05) is 19.5 Å². The quantitative estimate of drug-likeness (QED) is 0.840. The van der Waals surface area contributed by atoms with Gasteiger partial charge in [-0.25, -0.2) is 0 Å². The maximum Gasteiger partial charge on any atom is 0.271 e. The first kappa shape index (κ1) is 16.9. The lowest BCUT2D eigenvalue weighted by molar-refractivity contribution is -0.143. The molecular weight excluding hydrogens is 322 g/mol. The van der Waals surface area contributed by atoms with Crippen LogP contribution in [0.25, 0.3) is 10.2 Å². The molecule has 0 bridgehead atoms. The summed E-state index contributed by atoms with van der Waals surface area (Å²) in [5.74, 6) is -0.256. The lowest BCUT2D eigenvalue weighted by Crippen LogP contribution is -2.49. The summed E-state index contributed by atoms with van der Waals surface area (Å²) in [6.45, 7) is 4.41. The summed E-state index contributed by atoms with van der Waals surface area (Å²) in [7, 11) is 1.92. The van der Waals surface area contributed by atoms with E-state index >= 15 is 0 Å². The second-order valence-corrected chi connectivity index (χ2v) is 7.57. The van der Waals surface area contributed by atoms with Gasteiger partial charge in [-0.15, -0.1) is 0 Å². The summed E-state index contributed by atoms with van der Waals surface area (Å²) in [4.78, 5) is 31.9. The van der Waals surface area contributed by atoms with E-state index in [-0.39, 0.29) is 17.7 Å². The van der Waals surface area contributed by atoms with Crippen molar-refractivity contribution in [1.82, 2.24) is 9.47 Å². The number of rotatable bonds is 2. The van der Waals surface area contributed by atoms with E-state index in [1.807, 2.05) is 49.7 Å². The summed E-state index contributed by atoms with van der Waals surface area (Å²) >= 11 is 1.50. The number of fused-ring (bicyclic) bond motifs is 1. The van der Waals surface area contributed by atoms with Crippen molar-refractivity contribution in [2.45, 2.75) is 39.2 Å². The lowest BCUT2D eigenvalue weighted by Gasteiger charge is -2.34. The van der Waals surface area contributed by atoms with E-state index < -0.39 is 6.04 Å². The van der Waals surface area contributed by atoms with Crippen LogP contribution in [0.2, 0.25) is 0 Å². The van der Waals surface area contributed by atoms with Gasteiger partial charge < -0.3 is 9.47 Å². The van der Waals surface area contributed by atoms with E-state index in [1.54, 1.807) is 4.90 Å². The molecule has 6 heteroatoms. The molecule has 1 saturated heterocycles. The molecule has 1 aliphatic rings. The molecule has 128 valence electrons. The van der Waals surface area contributed by atoms with Crippen molar-refractivity contribution in [2.24, 2.45) is 18.0 Å². The minimum Gasteiger partial charge on any atom is -0.330 e. The van der Waals surface area contributed by atoms with E-state index in [0.29, 0.717) is 17.8 Å². The van der Waals surface area contributed by atoms with Gasteiger partial charge in [0.1, 0.15) is 6.04 Å². The van der Waals surface area contributed by atoms with E-state index in [1.165, 1.54) is 11.3 Å². The minimum atomic E-state index is -0.418. The van der Waals surface area contributed by atoms with Crippen LogP contribution in [0.15, 0.2) is 29.3 Å². The number of thiazole rings is 1. The Morgan fingerprint density at radius 3 is 2.71 bits per heavy atom. The van der Waals surface area contributed by atoms with Crippen LogP contribution in [0.1, 0.15) is 33.1 Å². The molecule has 24 heavy (non-hydrogen) atoms. The van der Waals surface area contributed by atoms with Crippen LogP contribution in [0.5, 0.6) is 0 Å². The number of piperidine rings is 1. The fraction of sp³-hybridized carbons (Fsp3) is 0.500. The lowest BCUT2D eigenvalue weighted by atomic mass is 9.99. The molecular formula is C18H23N3O2S. The zero-order chi connectivity index (χ0) is 17.3. The molecule has 0 aliphatic carbocycles. The van der Waals surface area contributed by atoms with Crippen LogP contribution in [0.4, 0.5) is 0 Å². The molecule has 1 fully saturated rings. The summed E-state index contributed by atoms with van der Waals surface area (Å²) in [5.41, 5.74) is 1.06. The van der Waals surface area contributed by atoms with Crippen molar-refractivity contribution in [3.05, 3.63) is 29.1 Å². The van der Waals surface area contributed by atoms with Gasteiger partial charge in [-0.1, -0.05) is 37.3 Å². The summed E-state index contributed by atoms with van der Waals surface area (Å²) in [6, 6.07) is 7.58. The van der Waals surface area contributed by atoms with Gasteiger partial charge in [-0.05, 0) is 31.4 Å². The third-order valence-electron chi connectivity index (χ3n) is 4.49. The predicted molar refractivity (Wildman–Crippen MR) is 95.6 cm³/mol. The normalized spacial score (nSPS) is 19.2. The van der Waals surface area contributed by atoms with Gasteiger partial charge in [-0.2, -0.15) is 4.99 Å². The van der Waals surface area contributed by atoms with E-state index in [4.69, 9.17) is 0 Å². The van der Waals surface area contributed by atoms with Gasteiger partial charge in [0.2, 0.25) is 5.91 Å². The maximum absolute atomic E-state index is 12.8. The first-order valence-electron chi connectivity index (χ1n) is 8.42. The number of hydrogen-bond acceptors (Lipinski definition) is 3. The molecule has 0 N–H and O–H groups in total. The minimum absolute atomic E-state index is 0.0453. The van der Waals surface area contributed by atoms with Crippen molar-refractivity contribution >= 4 is 33.4 Å². The van der Waals surface area contributed by atoms with Crippen molar-refractivity contribution in [3.8, 4) is 0 Å². The molecule has 0 unspecified atom stereocenters. The number of para-hydroxylation sites is 1. The molecule has 0 saturated carbocycles. The van der Waals surface area contributed by atoms with E-state index in [9.17, 15) is 9.59 Å². The monoisotopic (exact) mass is 345 g/mol. The third kappa shape index (κ3) is 3.15. The number of hydrogen-bond donors (Lipinski definition) is 0. The predicted octanol–water partition coefficient (Wildman–Crippen LogP) is 2.70. The second kappa shape index (κ2) is 6.89. The van der Waals surface area contributed by atoms with Gasteiger partial charge in [-0.3, -0.25) is 9.59 Å². The Morgan fingerprint density at radius 1 is 1.25 bits per heavy atom. The maximum atomic E-state index is 12.8. The largest absolute Gasteiger partial charge is 0.330 e. The second-order valence-electron chi connectivity index (χ2n) is 6.56. The Kier molecular flexibility index (Phi) is 4.85. The Labute approximate surface area is 145 Å². The standard InChI is InChI=1S/C18H23N3O2S/c1-12(2)17(23)21-11-7-6-9-14(21)16(22)19-18-20(3)13-8-4-5-10-15(13)24-18/h4-5,8,10,12,14H,6-7,9,11H2,1-3H3/t14-/m0/s1. The summed E-state index contributed by atoms with van der Waals surface area (Å²) in [6.07, 6.45) is 2.63. The van der Waals surface area contributed by atoms with Crippen LogP contribution in [0.3, 0.4) is 0 Å². The molecule has 1 aromatic carbocycles. The highest BCUT2D eigenvalue weighted by Gasteiger charge is 2.33. The summed E-state index contributed by atoms with van der Waals surface area (Å²) < 4.78 is 3.04. The molecule has 0 radical (unpaired) electrons. The zero-order valence-electron chi connectivity index (χ0n) is 14.4.